The molecule has 0 saturated heterocycles. The maximum Gasteiger partial charge on any atom is 0.128 e. The largest absolute Gasteiger partial charge is 0.376 e. The van der Waals surface area contributed by atoms with Crippen molar-refractivity contribution in [1.82, 2.24) is 0 Å². The molecule has 1 aromatic carbocycles. The average molecular weight is 194 g/mol. The van der Waals surface area contributed by atoms with Gasteiger partial charge in [-0.2, -0.15) is 0 Å². The van der Waals surface area contributed by atoms with Crippen molar-refractivity contribution >= 4 is 0 Å². The Kier molecular flexibility index (Phi) is 3.14. The van der Waals surface area contributed by atoms with Crippen molar-refractivity contribution in [2.45, 2.75) is 25.9 Å². The van der Waals surface area contributed by atoms with Crippen molar-refractivity contribution in [2.75, 3.05) is 6.61 Å². The van der Waals surface area contributed by atoms with Crippen molar-refractivity contribution < 1.29 is 9.13 Å². The Morgan fingerprint density at radius 3 is 2.71 bits per heavy atom. The first-order chi connectivity index (χ1) is 6.86. The summed E-state index contributed by atoms with van der Waals surface area (Å²) >= 11 is 0. The predicted octanol–water partition coefficient (Wildman–Crippen LogP) is 3.14. The van der Waals surface area contributed by atoms with Crippen LogP contribution in [0.3, 0.4) is 0 Å². The lowest BCUT2D eigenvalue weighted by molar-refractivity contribution is 0.0582. The van der Waals surface area contributed by atoms with Gasteiger partial charge < -0.3 is 4.74 Å². The van der Waals surface area contributed by atoms with E-state index in [4.69, 9.17) is 4.74 Å². The van der Waals surface area contributed by atoms with Crippen LogP contribution in [0.2, 0.25) is 0 Å². The maximum absolute atomic E-state index is 13.1. The number of hydrogen-bond donors (Lipinski definition) is 0. The summed E-state index contributed by atoms with van der Waals surface area (Å²) in [4.78, 5) is 0. The normalized spacial score (nSPS) is 16.6. The van der Waals surface area contributed by atoms with Crippen LogP contribution in [0.15, 0.2) is 24.3 Å². The van der Waals surface area contributed by atoms with Crippen LogP contribution >= 0.6 is 0 Å². The van der Waals surface area contributed by atoms with E-state index in [9.17, 15) is 4.39 Å². The topological polar surface area (TPSA) is 9.23 Å². The van der Waals surface area contributed by atoms with Crippen LogP contribution in [0.5, 0.6) is 0 Å². The monoisotopic (exact) mass is 194 g/mol. The van der Waals surface area contributed by atoms with E-state index in [1.807, 2.05) is 6.07 Å². The summed E-state index contributed by atoms with van der Waals surface area (Å²) in [7, 11) is 0. The van der Waals surface area contributed by atoms with Crippen molar-refractivity contribution in [2.24, 2.45) is 5.92 Å². The molecule has 1 nitrogen and oxygen atoms in total. The standard InChI is InChI=1S/C12H15FO/c13-12-7-2-1-6-11(12)9-14-8-10-4-3-5-10/h1-2,6-7,10H,3-5,8-9H2. The Labute approximate surface area is 83.9 Å². The third-order valence-corrected chi connectivity index (χ3v) is 2.79. The van der Waals surface area contributed by atoms with E-state index in [0.717, 1.165) is 12.5 Å². The molecule has 0 amide bonds. The third-order valence-electron chi connectivity index (χ3n) is 2.79. The summed E-state index contributed by atoms with van der Waals surface area (Å²) in [5.74, 6) is 0.558. The second-order valence-corrected chi connectivity index (χ2v) is 3.90. The molecule has 1 aliphatic rings. The fourth-order valence-corrected chi connectivity index (χ4v) is 1.61. The number of benzene rings is 1. The van der Waals surface area contributed by atoms with Crippen molar-refractivity contribution in [3.63, 3.8) is 0 Å². The molecule has 0 spiro atoms. The molecule has 1 aromatic rings. The molecule has 2 rings (SSSR count). The molecule has 14 heavy (non-hydrogen) atoms. The molecule has 1 saturated carbocycles. The summed E-state index contributed by atoms with van der Waals surface area (Å²) in [5.41, 5.74) is 0.659. The van der Waals surface area contributed by atoms with Gasteiger partial charge in [-0.15, -0.1) is 0 Å². The highest BCUT2D eigenvalue weighted by molar-refractivity contribution is 5.16. The smallest absolute Gasteiger partial charge is 0.128 e. The van der Waals surface area contributed by atoms with Gasteiger partial charge in [0, 0.05) is 12.2 Å². The van der Waals surface area contributed by atoms with Crippen LogP contribution < -0.4 is 0 Å². The zero-order chi connectivity index (χ0) is 9.80. The van der Waals surface area contributed by atoms with Gasteiger partial charge in [0.1, 0.15) is 5.82 Å². The van der Waals surface area contributed by atoms with Gasteiger partial charge in [0.2, 0.25) is 0 Å². The lowest BCUT2D eigenvalue weighted by Gasteiger charge is -2.24. The minimum absolute atomic E-state index is 0.166. The molecule has 0 radical (unpaired) electrons. The van der Waals surface area contributed by atoms with Gasteiger partial charge in [0.15, 0.2) is 0 Å². The molecule has 0 bridgehead atoms. The highest BCUT2D eigenvalue weighted by Crippen LogP contribution is 2.26. The molecule has 1 fully saturated rings. The SMILES string of the molecule is Fc1ccccc1COCC1CCC1. The number of halogens is 1. The molecule has 0 aliphatic heterocycles. The molecule has 0 unspecified atom stereocenters. The lowest BCUT2D eigenvalue weighted by atomic mass is 9.86. The van der Waals surface area contributed by atoms with E-state index < -0.39 is 0 Å². The van der Waals surface area contributed by atoms with Crippen molar-refractivity contribution in [3.8, 4) is 0 Å². The van der Waals surface area contributed by atoms with Crippen molar-refractivity contribution in [3.05, 3.63) is 35.6 Å². The Morgan fingerprint density at radius 1 is 1.29 bits per heavy atom. The molecule has 1 aliphatic carbocycles. The van der Waals surface area contributed by atoms with E-state index in [0.29, 0.717) is 12.2 Å². The van der Waals surface area contributed by atoms with Crippen LogP contribution in [0, 0.1) is 11.7 Å². The first kappa shape index (κ1) is 9.66. The fraction of sp³-hybridized carbons (Fsp3) is 0.500. The predicted molar refractivity (Wildman–Crippen MR) is 53.4 cm³/mol. The fourth-order valence-electron chi connectivity index (χ4n) is 1.61. The van der Waals surface area contributed by atoms with Gasteiger partial charge in [-0.1, -0.05) is 24.6 Å². The zero-order valence-corrected chi connectivity index (χ0v) is 8.21. The Morgan fingerprint density at radius 2 is 2.07 bits per heavy atom. The van der Waals surface area contributed by atoms with Gasteiger partial charge in [-0.05, 0) is 24.8 Å². The summed E-state index contributed by atoms with van der Waals surface area (Å²) in [5, 5.41) is 0. The summed E-state index contributed by atoms with van der Waals surface area (Å²) in [6, 6.07) is 6.79. The second kappa shape index (κ2) is 4.56. The molecular weight excluding hydrogens is 179 g/mol. The summed E-state index contributed by atoms with van der Waals surface area (Å²) in [6.45, 7) is 1.19. The number of hydrogen-bond acceptors (Lipinski definition) is 1. The minimum atomic E-state index is -0.166. The Balaban J connectivity index is 1.76. The van der Waals surface area contributed by atoms with E-state index in [1.165, 1.54) is 25.3 Å². The molecule has 76 valence electrons. The van der Waals surface area contributed by atoms with E-state index in [-0.39, 0.29) is 5.82 Å². The Hall–Kier alpha value is -0.890. The first-order valence-corrected chi connectivity index (χ1v) is 5.17. The first-order valence-electron chi connectivity index (χ1n) is 5.17. The molecule has 0 aromatic heterocycles. The van der Waals surface area contributed by atoms with E-state index >= 15 is 0 Å². The zero-order valence-electron chi connectivity index (χ0n) is 8.21. The summed E-state index contributed by atoms with van der Waals surface area (Å²) in [6.07, 6.45) is 3.88. The van der Waals surface area contributed by atoms with Gasteiger partial charge in [-0.3, -0.25) is 0 Å². The number of ether oxygens (including phenoxy) is 1. The highest BCUT2D eigenvalue weighted by atomic mass is 19.1. The van der Waals surface area contributed by atoms with Gasteiger partial charge in [0.25, 0.3) is 0 Å². The van der Waals surface area contributed by atoms with Crippen LogP contribution in [-0.2, 0) is 11.3 Å². The van der Waals surface area contributed by atoms with E-state index in [2.05, 4.69) is 0 Å². The molecule has 2 heteroatoms. The van der Waals surface area contributed by atoms with Crippen LogP contribution in [0.4, 0.5) is 4.39 Å². The molecular formula is C12H15FO. The minimum Gasteiger partial charge on any atom is -0.376 e. The Bertz CT molecular complexity index is 294. The van der Waals surface area contributed by atoms with Gasteiger partial charge >= 0.3 is 0 Å². The third kappa shape index (κ3) is 2.32. The maximum atomic E-state index is 13.1. The second-order valence-electron chi connectivity index (χ2n) is 3.90. The van der Waals surface area contributed by atoms with Crippen LogP contribution in [0.25, 0.3) is 0 Å². The quantitative estimate of drug-likeness (QED) is 0.715. The van der Waals surface area contributed by atoms with Gasteiger partial charge in [-0.25, -0.2) is 4.39 Å². The molecule has 0 atom stereocenters. The lowest BCUT2D eigenvalue weighted by Crippen LogP contribution is -2.17. The summed E-state index contributed by atoms with van der Waals surface area (Å²) < 4.78 is 18.6. The molecule has 0 heterocycles. The van der Waals surface area contributed by atoms with Crippen molar-refractivity contribution in [1.29, 1.82) is 0 Å². The number of rotatable bonds is 4. The van der Waals surface area contributed by atoms with Gasteiger partial charge in [0.05, 0.1) is 6.61 Å². The molecule has 0 N–H and O–H groups in total. The average Bonchev–Trinajstić information content (AvgIpc) is 2.12. The van der Waals surface area contributed by atoms with Crippen LogP contribution in [0.1, 0.15) is 24.8 Å². The highest BCUT2D eigenvalue weighted by Gasteiger charge is 2.17. The van der Waals surface area contributed by atoms with Crippen LogP contribution in [-0.4, -0.2) is 6.61 Å². The van der Waals surface area contributed by atoms with E-state index in [1.54, 1.807) is 12.1 Å².